The number of nitrogens with one attached hydrogen (secondary N) is 2. The van der Waals surface area contributed by atoms with E-state index in [1.54, 1.807) is 31.3 Å². The molecule has 0 unspecified atom stereocenters. The highest BCUT2D eigenvalue weighted by molar-refractivity contribution is 7.89. The summed E-state index contributed by atoms with van der Waals surface area (Å²) in [5.41, 5.74) is 3.33. The fourth-order valence-electron chi connectivity index (χ4n) is 2.75. The van der Waals surface area contributed by atoms with Crippen LogP contribution in [0.2, 0.25) is 0 Å². The summed E-state index contributed by atoms with van der Waals surface area (Å²) in [6, 6.07) is 9.88. The maximum atomic E-state index is 13.4. The minimum atomic E-state index is -3.56. The molecule has 3 aromatic rings. The van der Waals surface area contributed by atoms with Crippen molar-refractivity contribution in [3.63, 3.8) is 0 Å². The summed E-state index contributed by atoms with van der Waals surface area (Å²) in [5.74, 6) is -0.306. The number of sulfonamides is 1. The van der Waals surface area contributed by atoms with Crippen molar-refractivity contribution in [2.45, 2.75) is 25.2 Å². The molecule has 1 heterocycles. The van der Waals surface area contributed by atoms with E-state index in [1.165, 1.54) is 12.1 Å². The van der Waals surface area contributed by atoms with Gasteiger partial charge in [-0.3, -0.25) is 0 Å². The molecule has 0 fully saturated rings. The average molecular weight is 346 g/mol. The van der Waals surface area contributed by atoms with Crippen molar-refractivity contribution in [2.24, 2.45) is 0 Å². The van der Waals surface area contributed by atoms with Gasteiger partial charge in [0.2, 0.25) is 10.0 Å². The maximum absolute atomic E-state index is 13.4. The molecule has 4 nitrogen and oxygen atoms in total. The Morgan fingerprint density at radius 3 is 2.71 bits per heavy atom. The van der Waals surface area contributed by atoms with E-state index in [0.717, 1.165) is 22.0 Å². The summed E-state index contributed by atoms with van der Waals surface area (Å²) >= 11 is 0. The monoisotopic (exact) mass is 346 g/mol. The standard InChI is InChI=1S/C18H19FN2O2S/c1-12-3-4-13(2)18(9-12)24(22,23)21-8-7-14-11-20-17-6-5-15(19)10-16(14)17/h3-6,9-11,20-21H,7-8H2,1-2H3. The molecule has 0 bridgehead atoms. The summed E-state index contributed by atoms with van der Waals surface area (Å²) in [5, 5.41) is 0.779. The van der Waals surface area contributed by atoms with Gasteiger partial charge in [-0.1, -0.05) is 12.1 Å². The summed E-state index contributed by atoms with van der Waals surface area (Å²) in [6.07, 6.45) is 2.27. The first kappa shape index (κ1) is 16.7. The molecule has 3 rings (SSSR count). The van der Waals surface area contributed by atoms with Crippen molar-refractivity contribution in [1.82, 2.24) is 9.71 Å². The molecule has 126 valence electrons. The number of aryl methyl sites for hydroxylation is 2. The summed E-state index contributed by atoms with van der Waals surface area (Å²) in [6.45, 7) is 3.88. The van der Waals surface area contributed by atoms with Crippen LogP contribution in [0.5, 0.6) is 0 Å². The van der Waals surface area contributed by atoms with E-state index in [1.807, 2.05) is 13.0 Å². The largest absolute Gasteiger partial charge is 0.361 e. The highest BCUT2D eigenvalue weighted by Crippen LogP contribution is 2.20. The first-order valence-corrected chi connectivity index (χ1v) is 9.17. The minimum absolute atomic E-state index is 0.249. The molecule has 0 radical (unpaired) electrons. The Morgan fingerprint density at radius 2 is 1.92 bits per heavy atom. The van der Waals surface area contributed by atoms with Crippen molar-refractivity contribution in [3.8, 4) is 0 Å². The predicted molar refractivity (Wildman–Crippen MR) is 93.1 cm³/mol. The fraction of sp³-hybridized carbons (Fsp3) is 0.222. The SMILES string of the molecule is Cc1ccc(C)c(S(=O)(=O)NCCc2c[nH]c3ccc(F)cc23)c1. The van der Waals surface area contributed by atoms with E-state index in [2.05, 4.69) is 9.71 Å². The van der Waals surface area contributed by atoms with E-state index in [0.29, 0.717) is 16.9 Å². The van der Waals surface area contributed by atoms with Gasteiger partial charge in [0.25, 0.3) is 0 Å². The first-order chi connectivity index (χ1) is 11.4. The molecule has 2 aromatic carbocycles. The van der Waals surface area contributed by atoms with Crippen LogP contribution in [0.3, 0.4) is 0 Å². The van der Waals surface area contributed by atoms with Crippen LogP contribution in [0.25, 0.3) is 10.9 Å². The Kier molecular flexibility index (Phi) is 4.43. The summed E-state index contributed by atoms with van der Waals surface area (Å²) in [7, 11) is -3.56. The van der Waals surface area contributed by atoms with Crippen molar-refractivity contribution < 1.29 is 12.8 Å². The number of aromatic amines is 1. The number of benzene rings is 2. The number of hydrogen-bond acceptors (Lipinski definition) is 2. The molecule has 0 aliphatic heterocycles. The fourth-order valence-corrected chi connectivity index (χ4v) is 4.11. The zero-order chi connectivity index (χ0) is 17.3. The molecule has 0 spiro atoms. The van der Waals surface area contributed by atoms with Crippen molar-refractivity contribution in [1.29, 1.82) is 0 Å². The van der Waals surface area contributed by atoms with Crippen molar-refractivity contribution >= 4 is 20.9 Å². The van der Waals surface area contributed by atoms with E-state index in [4.69, 9.17) is 0 Å². The van der Waals surface area contributed by atoms with Gasteiger partial charge < -0.3 is 4.98 Å². The van der Waals surface area contributed by atoms with Gasteiger partial charge in [0.05, 0.1) is 4.90 Å². The van der Waals surface area contributed by atoms with Crippen LogP contribution in [0.15, 0.2) is 47.5 Å². The molecule has 0 atom stereocenters. The summed E-state index contributed by atoms with van der Waals surface area (Å²) < 4.78 is 41.0. The zero-order valence-corrected chi connectivity index (χ0v) is 14.4. The van der Waals surface area contributed by atoms with Gasteiger partial charge in [-0.05, 0) is 61.2 Å². The topological polar surface area (TPSA) is 62.0 Å². The van der Waals surface area contributed by atoms with E-state index < -0.39 is 10.0 Å². The Balaban J connectivity index is 1.75. The second kappa shape index (κ2) is 6.37. The highest BCUT2D eigenvalue weighted by atomic mass is 32.2. The molecule has 2 N–H and O–H groups in total. The van der Waals surface area contributed by atoms with Crippen LogP contribution < -0.4 is 4.72 Å². The quantitative estimate of drug-likeness (QED) is 0.743. The highest BCUT2D eigenvalue weighted by Gasteiger charge is 2.16. The molecule has 0 saturated heterocycles. The molecular weight excluding hydrogens is 327 g/mol. The van der Waals surface area contributed by atoms with Gasteiger partial charge in [0.1, 0.15) is 5.82 Å². The maximum Gasteiger partial charge on any atom is 0.240 e. The van der Waals surface area contributed by atoms with Crippen LogP contribution in [-0.2, 0) is 16.4 Å². The third-order valence-electron chi connectivity index (χ3n) is 4.05. The number of rotatable bonds is 5. The van der Waals surface area contributed by atoms with Crippen LogP contribution in [-0.4, -0.2) is 19.9 Å². The second-order valence-corrected chi connectivity index (χ2v) is 7.66. The lowest BCUT2D eigenvalue weighted by Gasteiger charge is -2.10. The van der Waals surface area contributed by atoms with E-state index in [-0.39, 0.29) is 12.4 Å². The lowest BCUT2D eigenvalue weighted by Crippen LogP contribution is -2.26. The Hall–Kier alpha value is -2.18. The van der Waals surface area contributed by atoms with Crippen molar-refractivity contribution in [3.05, 3.63) is 65.1 Å². The Bertz CT molecular complexity index is 993. The number of halogens is 1. The lowest BCUT2D eigenvalue weighted by molar-refractivity contribution is 0.581. The Labute approximate surface area is 140 Å². The van der Waals surface area contributed by atoms with Crippen LogP contribution in [0.1, 0.15) is 16.7 Å². The number of fused-ring (bicyclic) bond motifs is 1. The predicted octanol–water partition coefficient (Wildman–Crippen LogP) is 3.44. The lowest BCUT2D eigenvalue weighted by atomic mass is 10.1. The van der Waals surface area contributed by atoms with Gasteiger partial charge in [0, 0.05) is 23.6 Å². The third kappa shape index (κ3) is 3.34. The molecule has 0 aliphatic carbocycles. The molecule has 0 saturated carbocycles. The van der Waals surface area contributed by atoms with Crippen molar-refractivity contribution in [2.75, 3.05) is 6.54 Å². The molecule has 0 aliphatic rings. The second-order valence-electron chi connectivity index (χ2n) is 5.92. The third-order valence-corrected chi connectivity index (χ3v) is 5.65. The molecular formula is C18H19FN2O2S. The molecule has 24 heavy (non-hydrogen) atoms. The molecule has 0 amide bonds. The first-order valence-electron chi connectivity index (χ1n) is 7.69. The van der Waals surface area contributed by atoms with Crippen LogP contribution >= 0.6 is 0 Å². The van der Waals surface area contributed by atoms with Crippen LogP contribution in [0.4, 0.5) is 4.39 Å². The zero-order valence-electron chi connectivity index (χ0n) is 13.6. The van der Waals surface area contributed by atoms with Gasteiger partial charge in [-0.2, -0.15) is 0 Å². The van der Waals surface area contributed by atoms with Crippen LogP contribution in [0, 0.1) is 19.7 Å². The minimum Gasteiger partial charge on any atom is -0.361 e. The Morgan fingerprint density at radius 1 is 1.12 bits per heavy atom. The molecule has 6 heteroatoms. The van der Waals surface area contributed by atoms with E-state index >= 15 is 0 Å². The number of H-pyrrole nitrogens is 1. The number of aromatic nitrogens is 1. The van der Waals surface area contributed by atoms with E-state index in [9.17, 15) is 12.8 Å². The van der Waals surface area contributed by atoms with Gasteiger partial charge >= 0.3 is 0 Å². The summed E-state index contributed by atoms with van der Waals surface area (Å²) in [4.78, 5) is 3.37. The van der Waals surface area contributed by atoms with Gasteiger partial charge in [-0.25, -0.2) is 17.5 Å². The average Bonchev–Trinajstić information content (AvgIpc) is 2.92. The smallest absolute Gasteiger partial charge is 0.240 e. The van der Waals surface area contributed by atoms with Gasteiger partial charge in [0.15, 0.2) is 0 Å². The number of hydrogen-bond donors (Lipinski definition) is 2. The normalized spacial score (nSPS) is 12.0. The molecule has 1 aromatic heterocycles. The van der Waals surface area contributed by atoms with Gasteiger partial charge in [-0.15, -0.1) is 0 Å².